The number of nitrogens with two attached hydrogens (primary N) is 1. The van der Waals surface area contributed by atoms with Crippen molar-refractivity contribution in [2.45, 2.75) is 72.6 Å². The van der Waals surface area contributed by atoms with Crippen LogP contribution in [0.15, 0.2) is 87.3 Å². The lowest BCUT2D eigenvalue weighted by Crippen LogP contribution is -2.14. The number of carbonyl (C=O) groups is 1. The Hall–Kier alpha value is -3.88. The van der Waals surface area contributed by atoms with Gasteiger partial charge in [0, 0.05) is 22.2 Å². The topological polar surface area (TPSA) is 132 Å². The molecule has 0 aliphatic carbocycles. The Labute approximate surface area is 275 Å². The van der Waals surface area contributed by atoms with Crippen LogP contribution in [-0.4, -0.2) is 17.7 Å². The van der Waals surface area contributed by atoms with Crippen molar-refractivity contribution in [3.8, 4) is 0 Å². The van der Waals surface area contributed by atoms with E-state index in [0.29, 0.717) is 29.0 Å². The number of para-hydroxylation sites is 1. The molecule has 0 aliphatic rings. The average molecular weight is 660 g/mol. The van der Waals surface area contributed by atoms with Crippen LogP contribution in [0.25, 0.3) is 10.8 Å². The van der Waals surface area contributed by atoms with Crippen LogP contribution in [0.4, 0.5) is 5.69 Å². The third-order valence-corrected chi connectivity index (χ3v) is 6.58. The first-order valence-electron chi connectivity index (χ1n) is 14.4. The lowest BCUT2D eigenvalue weighted by molar-refractivity contribution is 0.0698. The minimum Gasteiger partial charge on any atom is -0.478 e. The highest BCUT2D eigenvalue weighted by molar-refractivity contribution is 6.31. The number of halogens is 2. The van der Waals surface area contributed by atoms with Gasteiger partial charge in [0.05, 0.1) is 10.6 Å². The molecule has 0 saturated carbocycles. The van der Waals surface area contributed by atoms with Gasteiger partial charge in [0.2, 0.25) is 0 Å². The van der Waals surface area contributed by atoms with E-state index in [2.05, 4.69) is 69.1 Å². The average Bonchev–Trinajstić information content (AvgIpc) is 2.92. The summed E-state index contributed by atoms with van der Waals surface area (Å²) in [4.78, 5) is 34.8. The molecular formula is C35H44Cl2N2O6. The standard InChI is InChI=1S/C14H15Cl.C9H11ClO2.C7H7NO2.C5H11NO2/c1-14(2,3)13-9-11(15)8-10-6-4-5-7-12(10)13;1-9(2,3)7-4-6(10)5-8(11)12-7;8-6-4-2-1-3-5(6)7(9)10;1-5(2)3-4-8-6-7/h4-9H,1-3H3;4-5H,1-3H3;1-4H,8H2,(H,9,10);5H,3-4H2,1-2H3. The van der Waals surface area contributed by atoms with E-state index in [9.17, 15) is 14.5 Å². The van der Waals surface area contributed by atoms with Gasteiger partial charge in [0.15, 0.2) is 5.34 Å². The molecule has 4 aromatic rings. The highest BCUT2D eigenvalue weighted by atomic mass is 35.5. The third kappa shape index (κ3) is 14.6. The van der Waals surface area contributed by atoms with Gasteiger partial charge in [-0.2, -0.15) is 0 Å². The van der Waals surface area contributed by atoms with E-state index in [1.54, 1.807) is 24.3 Å². The zero-order valence-corrected chi connectivity index (χ0v) is 28.7. The van der Waals surface area contributed by atoms with Gasteiger partial charge in [-0.1, -0.05) is 115 Å². The molecule has 45 heavy (non-hydrogen) atoms. The van der Waals surface area contributed by atoms with Crippen molar-refractivity contribution < 1.29 is 19.2 Å². The first kappa shape index (κ1) is 39.1. The molecule has 244 valence electrons. The van der Waals surface area contributed by atoms with E-state index >= 15 is 0 Å². The monoisotopic (exact) mass is 658 g/mol. The van der Waals surface area contributed by atoms with Gasteiger partial charge in [0.25, 0.3) is 0 Å². The maximum Gasteiger partial charge on any atom is 0.337 e. The maximum atomic E-state index is 10.9. The molecule has 3 N–H and O–H groups in total. The van der Waals surface area contributed by atoms with Gasteiger partial charge in [-0.05, 0) is 64.4 Å². The molecule has 3 aromatic carbocycles. The number of hydrogen-bond donors (Lipinski definition) is 2. The van der Waals surface area contributed by atoms with Gasteiger partial charge in [-0.15, -0.1) is 4.91 Å². The van der Waals surface area contributed by atoms with Crippen LogP contribution in [0, 0.1) is 10.8 Å². The molecule has 1 heterocycles. The molecule has 0 saturated heterocycles. The van der Waals surface area contributed by atoms with Crippen LogP contribution < -0.4 is 11.4 Å². The molecule has 0 fully saturated rings. The first-order valence-corrected chi connectivity index (χ1v) is 15.1. The van der Waals surface area contributed by atoms with Gasteiger partial charge < -0.3 is 20.1 Å². The van der Waals surface area contributed by atoms with Crippen molar-refractivity contribution in [1.29, 1.82) is 0 Å². The van der Waals surface area contributed by atoms with Crippen LogP contribution in [0.3, 0.4) is 0 Å². The fourth-order valence-electron chi connectivity index (χ4n) is 3.73. The Morgan fingerprint density at radius 2 is 1.49 bits per heavy atom. The van der Waals surface area contributed by atoms with Crippen molar-refractivity contribution in [2.75, 3.05) is 12.3 Å². The molecule has 8 nitrogen and oxygen atoms in total. The lowest BCUT2D eigenvalue weighted by atomic mass is 9.84. The summed E-state index contributed by atoms with van der Waals surface area (Å²) in [5.74, 6) is 0.204. The number of nitrogen functional groups attached to an aromatic ring is 1. The summed E-state index contributed by atoms with van der Waals surface area (Å²) in [6.07, 6.45) is 0.895. The van der Waals surface area contributed by atoms with Gasteiger partial charge >= 0.3 is 11.6 Å². The van der Waals surface area contributed by atoms with E-state index in [4.69, 9.17) is 38.5 Å². The Bertz CT molecular complexity index is 1590. The summed E-state index contributed by atoms with van der Waals surface area (Å²) in [6, 6.07) is 21.8. The second-order valence-corrected chi connectivity index (χ2v) is 13.5. The molecule has 0 bridgehead atoms. The fourth-order valence-corrected chi connectivity index (χ4v) is 4.14. The molecule has 1 aromatic heterocycles. The molecular weight excluding hydrogens is 615 g/mol. The summed E-state index contributed by atoms with van der Waals surface area (Å²) >= 11 is 11.8. The smallest absolute Gasteiger partial charge is 0.337 e. The number of carboxylic acid groups (broad SMARTS) is 1. The normalized spacial score (nSPS) is 10.8. The van der Waals surface area contributed by atoms with E-state index < -0.39 is 11.6 Å². The zero-order chi connectivity index (χ0) is 34.4. The molecule has 0 spiro atoms. The molecule has 0 unspecified atom stereocenters. The number of rotatable bonds is 5. The number of carboxylic acids is 1. The number of hydrogen-bond acceptors (Lipinski definition) is 7. The third-order valence-electron chi connectivity index (χ3n) is 6.14. The molecule has 4 rings (SSSR count). The van der Waals surface area contributed by atoms with Crippen LogP contribution in [0.2, 0.25) is 10.0 Å². The summed E-state index contributed by atoms with van der Waals surface area (Å²) in [5, 5.41) is 14.5. The first-order chi connectivity index (χ1) is 20.9. The van der Waals surface area contributed by atoms with E-state index in [1.807, 2.05) is 32.9 Å². The quantitative estimate of drug-likeness (QED) is 0.0943. The number of nitrogens with zero attached hydrogens (tertiary/aromatic N) is 1. The van der Waals surface area contributed by atoms with Gasteiger partial charge in [0.1, 0.15) is 12.4 Å². The van der Waals surface area contributed by atoms with Crippen molar-refractivity contribution in [3.05, 3.63) is 115 Å². The molecule has 10 heteroatoms. The number of aromatic carboxylic acids is 1. The fraction of sp³-hybridized carbons (Fsp3) is 0.371. The minimum atomic E-state index is -0.988. The van der Waals surface area contributed by atoms with Crippen LogP contribution in [0.1, 0.15) is 83.5 Å². The van der Waals surface area contributed by atoms with Crippen molar-refractivity contribution >= 4 is 45.6 Å². The number of anilines is 1. The Morgan fingerprint density at radius 1 is 0.911 bits per heavy atom. The lowest BCUT2D eigenvalue weighted by Gasteiger charge is -2.21. The second kappa shape index (κ2) is 18.2. The largest absolute Gasteiger partial charge is 0.478 e. The molecule has 0 radical (unpaired) electrons. The summed E-state index contributed by atoms with van der Waals surface area (Å²) in [5.41, 5.74) is 6.66. The highest BCUT2D eigenvalue weighted by Crippen LogP contribution is 2.32. The van der Waals surface area contributed by atoms with Gasteiger partial charge in [-0.25, -0.2) is 9.59 Å². The predicted molar refractivity (Wildman–Crippen MR) is 185 cm³/mol. The van der Waals surface area contributed by atoms with Crippen molar-refractivity contribution in [1.82, 2.24) is 0 Å². The zero-order valence-electron chi connectivity index (χ0n) is 27.2. The maximum absolute atomic E-state index is 10.9. The van der Waals surface area contributed by atoms with Crippen molar-refractivity contribution in [3.63, 3.8) is 0 Å². The van der Waals surface area contributed by atoms with Crippen LogP contribution in [0.5, 0.6) is 0 Å². The van der Waals surface area contributed by atoms with E-state index in [0.717, 1.165) is 11.4 Å². The Balaban J connectivity index is 0.000000309. The second-order valence-electron chi connectivity index (χ2n) is 12.6. The van der Waals surface area contributed by atoms with E-state index in [-0.39, 0.29) is 16.4 Å². The SMILES string of the molecule is CC(C)(C)c1cc(Cl)cc(=O)o1.CC(C)(C)c1cc(Cl)cc2ccccc12.CC(C)CCON=O.Nc1ccccc1C(=O)O. The van der Waals surface area contributed by atoms with Crippen LogP contribution >= 0.6 is 23.2 Å². The molecule has 0 amide bonds. The summed E-state index contributed by atoms with van der Waals surface area (Å²) in [6.45, 7) is 17.1. The highest BCUT2D eigenvalue weighted by Gasteiger charge is 2.18. The Morgan fingerprint density at radius 3 is 1.98 bits per heavy atom. The van der Waals surface area contributed by atoms with Crippen LogP contribution in [-0.2, 0) is 15.7 Å². The van der Waals surface area contributed by atoms with E-state index in [1.165, 1.54) is 28.5 Å². The number of benzene rings is 3. The Kier molecular flexibility index (Phi) is 15.8. The number of fused-ring (bicyclic) bond motifs is 1. The minimum absolute atomic E-state index is 0.129. The summed E-state index contributed by atoms with van der Waals surface area (Å²) < 4.78 is 4.98. The molecule has 0 atom stereocenters. The predicted octanol–water partition coefficient (Wildman–Crippen LogP) is 10.1. The van der Waals surface area contributed by atoms with Gasteiger partial charge in [-0.3, -0.25) is 0 Å². The molecule has 0 aliphatic heterocycles. The van der Waals surface area contributed by atoms with Crippen molar-refractivity contribution in [2.24, 2.45) is 11.3 Å². The summed E-state index contributed by atoms with van der Waals surface area (Å²) in [7, 11) is 0.